The summed E-state index contributed by atoms with van der Waals surface area (Å²) in [6.07, 6.45) is 2.15. The van der Waals surface area contributed by atoms with Crippen LogP contribution in [0.5, 0.6) is 0 Å². The molecule has 0 radical (unpaired) electrons. The molecule has 4 nitrogen and oxygen atoms in total. The van der Waals surface area contributed by atoms with E-state index >= 15 is 0 Å². The zero-order chi connectivity index (χ0) is 11.0. The third kappa shape index (κ3) is 1.79. The number of hydrogen-bond acceptors (Lipinski definition) is 3. The summed E-state index contributed by atoms with van der Waals surface area (Å²) in [6.45, 7) is 2.18. The standard InChI is InChI=1S/C11H13ClN4/c12-9-2-1-3-11-14-10(15-16(9)11)6-8-4-5-13-7-8/h1-3,8,13H,4-7H2. The second-order valence-electron chi connectivity index (χ2n) is 4.21. The van der Waals surface area contributed by atoms with Gasteiger partial charge in [0.2, 0.25) is 0 Å². The monoisotopic (exact) mass is 236 g/mol. The lowest BCUT2D eigenvalue weighted by Gasteiger charge is -2.02. The molecule has 0 bridgehead atoms. The van der Waals surface area contributed by atoms with Crippen molar-refractivity contribution in [2.24, 2.45) is 5.92 Å². The number of rotatable bonds is 2. The van der Waals surface area contributed by atoms with E-state index in [1.165, 1.54) is 6.42 Å². The lowest BCUT2D eigenvalue weighted by Crippen LogP contribution is -2.11. The first-order valence-electron chi connectivity index (χ1n) is 5.54. The molecule has 1 aliphatic heterocycles. The quantitative estimate of drug-likeness (QED) is 0.805. The van der Waals surface area contributed by atoms with Gasteiger partial charge in [0, 0.05) is 6.42 Å². The molecule has 0 amide bonds. The van der Waals surface area contributed by atoms with Gasteiger partial charge in [0.05, 0.1) is 0 Å². The van der Waals surface area contributed by atoms with Crippen LogP contribution in [-0.4, -0.2) is 27.7 Å². The fourth-order valence-electron chi connectivity index (χ4n) is 2.15. The van der Waals surface area contributed by atoms with Gasteiger partial charge >= 0.3 is 0 Å². The highest BCUT2D eigenvalue weighted by Gasteiger charge is 2.17. The summed E-state index contributed by atoms with van der Waals surface area (Å²) in [5, 5.41) is 8.38. The molecule has 0 spiro atoms. The van der Waals surface area contributed by atoms with Gasteiger partial charge in [-0.3, -0.25) is 0 Å². The van der Waals surface area contributed by atoms with Crippen molar-refractivity contribution in [3.8, 4) is 0 Å². The van der Waals surface area contributed by atoms with Crippen LogP contribution in [0.4, 0.5) is 0 Å². The van der Waals surface area contributed by atoms with Crippen molar-refractivity contribution in [3.05, 3.63) is 29.2 Å². The van der Waals surface area contributed by atoms with Gasteiger partial charge in [-0.2, -0.15) is 0 Å². The van der Waals surface area contributed by atoms with Crippen molar-refractivity contribution in [3.63, 3.8) is 0 Å². The summed E-state index contributed by atoms with van der Waals surface area (Å²) >= 11 is 6.04. The van der Waals surface area contributed by atoms with E-state index in [-0.39, 0.29) is 0 Å². The number of pyridine rings is 1. The second-order valence-corrected chi connectivity index (χ2v) is 4.60. The number of nitrogens with zero attached hydrogens (tertiary/aromatic N) is 3. The highest BCUT2D eigenvalue weighted by Crippen LogP contribution is 2.15. The summed E-state index contributed by atoms with van der Waals surface area (Å²) < 4.78 is 1.69. The van der Waals surface area contributed by atoms with Crippen LogP contribution in [0.2, 0.25) is 5.15 Å². The van der Waals surface area contributed by atoms with Gasteiger partial charge in [-0.15, -0.1) is 5.10 Å². The molecule has 5 heteroatoms. The number of halogens is 1. The minimum absolute atomic E-state index is 0.612. The first-order valence-corrected chi connectivity index (χ1v) is 5.91. The molecule has 16 heavy (non-hydrogen) atoms. The molecule has 1 unspecified atom stereocenters. The first-order chi connectivity index (χ1) is 7.83. The molecule has 0 saturated carbocycles. The van der Waals surface area contributed by atoms with Crippen LogP contribution in [0.3, 0.4) is 0 Å². The third-order valence-electron chi connectivity index (χ3n) is 2.99. The van der Waals surface area contributed by atoms with Crippen LogP contribution >= 0.6 is 11.6 Å². The molecule has 1 fully saturated rings. The van der Waals surface area contributed by atoms with E-state index < -0.39 is 0 Å². The Morgan fingerprint density at radius 1 is 1.50 bits per heavy atom. The van der Waals surface area contributed by atoms with E-state index in [9.17, 15) is 0 Å². The highest BCUT2D eigenvalue weighted by atomic mass is 35.5. The van der Waals surface area contributed by atoms with Crippen LogP contribution < -0.4 is 5.32 Å². The number of hydrogen-bond donors (Lipinski definition) is 1. The van der Waals surface area contributed by atoms with Crippen molar-refractivity contribution >= 4 is 17.2 Å². The van der Waals surface area contributed by atoms with Gasteiger partial charge in [0.1, 0.15) is 5.15 Å². The lowest BCUT2D eigenvalue weighted by molar-refractivity contribution is 0.561. The second kappa shape index (κ2) is 4.03. The number of nitrogens with one attached hydrogen (secondary N) is 1. The average molecular weight is 237 g/mol. The zero-order valence-electron chi connectivity index (χ0n) is 8.86. The fraction of sp³-hybridized carbons (Fsp3) is 0.455. The molecule has 1 saturated heterocycles. The first kappa shape index (κ1) is 10.1. The molecule has 2 aromatic rings. The van der Waals surface area contributed by atoms with Crippen molar-refractivity contribution in [2.75, 3.05) is 13.1 Å². The Hall–Kier alpha value is -1.13. The predicted octanol–water partition coefficient (Wildman–Crippen LogP) is 1.53. The summed E-state index contributed by atoms with van der Waals surface area (Å²) in [4.78, 5) is 4.48. The van der Waals surface area contributed by atoms with E-state index in [2.05, 4.69) is 15.4 Å². The predicted molar refractivity (Wildman–Crippen MR) is 62.7 cm³/mol. The Bertz CT molecular complexity index is 502. The SMILES string of the molecule is Clc1cccc2nc(CC3CCNC3)nn12. The van der Waals surface area contributed by atoms with Crippen molar-refractivity contribution in [1.29, 1.82) is 0 Å². The van der Waals surface area contributed by atoms with Gasteiger partial charge in [-0.25, -0.2) is 9.50 Å². The minimum Gasteiger partial charge on any atom is -0.316 e. The Balaban J connectivity index is 1.90. The Labute approximate surface area is 98.6 Å². The highest BCUT2D eigenvalue weighted by molar-refractivity contribution is 6.29. The minimum atomic E-state index is 0.612. The average Bonchev–Trinajstić information content (AvgIpc) is 2.88. The van der Waals surface area contributed by atoms with Gasteiger partial charge in [0.15, 0.2) is 11.5 Å². The van der Waals surface area contributed by atoms with Crippen LogP contribution in [0.25, 0.3) is 5.65 Å². The van der Waals surface area contributed by atoms with E-state index in [0.29, 0.717) is 11.1 Å². The van der Waals surface area contributed by atoms with Crippen molar-refractivity contribution < 1.29 is 0 Å². The van der Waals surface area contributed by atoms with Gasteiger partial charge in [0.25, 0.3) is 0 Å². The summed E-state index contributed by atoms with van der Waals surface area (Å²) in [6, 6.07) is 5.65. The van der Waals surface area contributed by atoms with Gasteiger partial charge < -0.3 is 5.32 Å². The largest absolute Gasteiger partial charge is 0.316 e. The number of fused-ring (bicyclic) bond motifs is 1. The smallest absolute Gasteiger partial charge is 0.157 e. The van der Waals surface area contributed by atoms with Gasteiger partial charge in [-0.05, 0) is 37.6 Å². The molecule has 0 aromatic carbocycles. The van der Waals surface area contributed by atoms with Crippen LogP contribution in [0.1, 0.15) is 12.2 Å². The van der Waals surface area contributed by atoms with Crippen LogP contribution in [0.15, 0.2) is 18.2 Å². The van der Waals surface area contributed by atoms with Crippen molar-refractivity contribution in [1.82, 2.24) is 19.9 Å². The maximum Gasteiger partial charge on any atom is 0.157 e. The molecule has 84 valence electrons. The summed E-state index contributed by atoms with van der Waals surface area (Å²) in [5.74, 6) is 1.55. The van der Waals surface area contributed by atoms with E-state index in [1.807, 2.05) is 18.2 Å². The molecule has 3 rings (SSSR count). The van der Waals surface area contributed by atoms with Gasteiger partial charge in [-0.1, -0.05) is 17.7 Å². The van der Waals surface area contributed by atoms with E-state index in [0.717, 1.165) is 31.0 Å². The lowest BCUT2D eigenvalue weighted by atomic mass is 10.1. The normalized spacial score (nSPS) is 20.7. The van der Waals surface area contributed by atoms with E-state index in [4.69, 9.17) is 11.6 Å². The molecule has 1 atom stereocenters. The summed E-state index contributed by atoms with van der Waals surface area (Å²) in [7, 11) is 0. The Kier molecular flexibility index (Phi) is 2.53. The van der Waals surface area contributed by atoms with E-state index in [1.54, 1.807) is 4.52 Å². The molecule has 3 heterocycles. The van der Waals surface area contributed by atoms with Crippen LogP contribution in [0, 0.1) is 5.92 Å². The maximum atomic E-state index is 6.04. The third-order valence-corrected chi connectivity index (χ3v) is 3.28. The molecule has 1 aliphatic rings. The Morgan fingerprint density at radius 2 is 2.44 bits per heavy atom. The molecule has 2 aromatic heterocycles. The number of aromatic nitrogens is 3. The maximum absolute atomic E-state index is 6.04. The van der Waals surface area contributed by atoms with Crippen LogP contribution in [-0.2, 0) is 6.42 Å². The van der Waals surface area contributed by atoms with Crippen molar-refractivity contribution in [2.45, 2.75) is 12.8 Å². The summed E-state index contributed by atoms with van der Waals surface area (Å²) in [5.41, 5.74) is 0.827. The topological polar surface area (TPSA) is 42.2 Å². The molecular formula is C11H13ClN4. The molecular weight excluding hydrogens is 224 g/mol. The zero-order valence-corrected chi connectivity index (χ0v) is 9.61. The molecule has 1 N–H and O–H groups in total. The Morgan fingerprint density at radius 3 is 3.19 bits per heavy atom. The fourth-order valence-corrected chi connectivity index (χ4v) is 2.35. The molecule has 0 aliphatic carbocycles.